The number of benzene rings is 2. The van der Waals surface area contributed by atoms with E-state index in [2.05, 4.69) is 4.98 Å². The summed E-state index contributed by atoms with van der Waals surface area (Å²) < 4.78 is 0. The van der Waals surface area contributed by atoms with Crippen LogP contribution in [0.1, 0.15) is 5.56 Å². The van der Waals surface area contributed by atoms with E-state index >= 15 is 0 Å². The van der Waals surface area contributed by atoms with Crippen LogP contribution in [-0.4, -0.2) is 9.91 Å². The lowest BCUT2D eigenvalue weighted by Crippen LogP contribution is -1.99. The molecule has 5 nitrogen and oxygen atoms in total. The van der Waals surface area contributed by atoms with Crippen molar-refractivity contribution < 1.29 is 4.92 Å². The summed E-state index contributed by atoms with van der Waals surface area (Å²) in [6, 6.07) is 14.4. The van der Waals surface area contributed by atoms with E-state index in [9.17, 15) is 10.1 Å². The molecule has 2 N–H and O–H groups in total. The van der Waals surface area contributed by atoms with Crippen LogP contribution >= 0.6 is 0 Å². The third-order valence-electron chi connectivity index (χ3n) is 3.45. The smallest absolute Gasteiger partial charge is 0.270 e. The predicted octanol–water partition coefficient (Wildman–Crippen LogP) is 3.27. The van der Waals surface area contributed by atoms with Crippen molar-refractivity contribution >= 4 is 16.5 Å². The highest BCUT2D eigenvalue weighted by molar-refractivity contribution is 5.96. The lowest BCUT2D eigenvalue weighted by Gasteiger charge is -2.09. The molecule has 0 radical (unpaired) electrons. The molecule has 0 atom stereocenters. The minimum absolute atomic E-state index is 0.0757. The Labute approximate surface area is 121 Å². The standard InChI is InChI=1S/C16H13N3O2/c17-10-12-3-1-2-4-14(12)16-15-6-5-13(19(20)21)9-11(15)7-8-18-16/h1-9H,10,17H2. The van der Waals surface area contributed by atoms with Gasteiger partial charge in [-0.25, -0.2) is 0 Å². The first-order valence-corrected chi connectivity index (χ1v) is 6.52. The van der Waals surface area contributed by atoms with Gasteiger partial charge < -0.3 is 5.73 Å². The van der Waals surface area contributed by atoms with Crippen molar-refractivity contribution in [1.29, 1.82) is 0 Å². The maximum absolute atomic E-state index is 10.9. The van der Waals surface area contributed by atoms with E-state index in [4.69, 9.17) is 5.73 Å². The van der Waals surface area contributed by atoms with Crippen molar-refractivity contribution in [1.82, 2.24) is 4.98 Å². The monoisotopic (exact) mass is 279 g/mol. The third-order valence-corrected chi connectivity index (χ3v) is 3.45. The van der Waals surface area contributed by atoms with Gasteiger partial charge in [0.15, 0.2) is 0 Å². The quantitative estimate of drug-likeness (QED) is 0.589. The van der Waals surface area contributed by atoms with Gasteiger partial charge in [0, 0.05) is 35.8 Å². The van der Waals surface area contributed by atoms with Gasteiger partial charge in [-0.2, -0.15) is 0 Å². The Hall–Kier alpha value is -2.79. The van der Waals surface area contributed by atoms with Gasteiger partial charge in [-0.15, -0.1) is 0 Å². The molecular formula is C16H13N3O2. The average Bonchev–Trinajstić information content (AvgIpc) is 2.53. The Balaban J connectivity index is 2.26. The molecule has 0 bridgehead atoms. The van der Waals surface area contributed by atoms with Crippen molar-refractivity contribution in [2.45, 2.75) is 6.54 Å². The topological polar surface area (TPSA) is 82.0 Å². The van der Waals surface area contributed by atoms with Gasteiger partial charge in [-0.1, -0.05) is 24.3 Å². The molecule has 0 aliphatic heterocycles. The summed E-state index contributed by atoms with van der Waals surface area (Å²) in [6.07, 6.45) is 1.66. The van der Waals surface area contributed by atoms with Crippen molar-refractivity contribution in [2.24, 2.45) is 5.73 Å². The second-order valence-electron chi connectivity index (χ2n) is 4.68. The van der Waals surface area contributed by atoms with E-state index in [1.165, 1.54) is 6.07 Å². The summed E-state index contributed by atoms with van der Waals surface area (Å²) in [5.41, 5.74) is 8.60. The van der Waals surface area contributed by atoms with Crippen LogP contribution in [0.2, 0.25) is 0 Å². The number of pyridine rings is 1. The molecule has 0 unspecified atom stereocenters. The minimum atomic E-state index is -0.395. The van der Waals surface area contributed by atoms with Crippen molar-refractivity contribution in [3.05, 3.63) is 70.4 Å². The lowest BCUT2D eigenvalue weighted by atomic mass is 9.99. The molecule has 1 heterocycles. The van der Waals surface area contributed by atoms with Crippen LogP contribution in [0.25, 0.3) is 22.0 Å². The summed E-state index contributed by atoms with van der Waals surface area (Å²) in [6.45, 7) is 0.418. The number of aromatic nitrogens is 1. The van der Waals surface area contributed by atoms with E-state index < -0.39 is 4.92 Å². The van der Waals surface area contributed by atoms with Gasteiger partial charge in [0.1, 0.15) is 0 Å². The van der Waals surface area contributed by atoms with Crippen LogP contribution < -0.4 is 5.73 Å². The number of nitro groups is 1. The number of nitro benzene ring substituents is 1. The predicted molar refractivity (Wildman–Crippen MR) is 81.7 cm³/mol. The molecule has 104 valence electrons. The molecule has 3 aromatic rings. The first-order valence-electron chi connectivity index (χ1n) is 6.52. The normalized spacial score (nSPS) is 10.7. The molecule has 3 rings (SSSR count). The molecule has 21 heavy (non-hydrogen) atoms. The number of hydrogen-bond acceptors (Lipinski definition) is 4. The highest BCUT2D eigenvalue weighted by atomic mass is 16.6. The molecule has 1 aromatic heterocycles. The van der Waals surface area contributed by atoms with Gasteiger partial charge in [-0.3, -0.25) is 15.1 Å². The second-order valence-corrected chi connectivity index (χ2v) is 4.68. The highest BCUT2D eigenvalue weighted by Crippen LogP contribution is 2.30. The summed E-state index contributed by atoms with van der Waals surface area (Å²) in [7, 11) is 0. The van der Waals surface area contributed by atoms with Gasteiger partial charge in [0.25, 0.3) is 5.69 Å². The fourth-order valence-corrected chi connectivity index (χ4v) is 2.42. The van der Waals surface area contributed by atoms with Crippen LogP contribution in [-0.2, 0) is 6.54 Å². The molecule has 5 heteroatoms. The zero-order chi connectivity index (χ0) is 14.8. The fourth-order valence-electron chi connectivity index (χ4n) is 2.42. The average molecular weight is 279 g/mol. The number of non-ortho nitro benzene ring substituents is 1. The van der Waals surface area contributed by atoms with Crippen molar-refractivity contribution in [3.8, 4) is 11.3 Å². The Morgan fingerprint density at radius 1 is 1.14 bits per heavy atom. The van der Waals surface area contributed by atoms with Crippen LogP contribution in [0.5, 0.6) is 0 Å². The molecule has 0 amide bonds. The van der Waals surface area contributed by atoms with E-state index in [-0.39, 0.29) is 5.69 Å². The SMILES string of the molecule is NCc1ccccc1-c1nccc2cc([N+](=O)[O-])ccc12. The molecule has 2 aromatic carbocycles. The number of nitrogens with zero attached hydrogens (tertiary/aromatic N) is 2. The summed E-state index contributed by atoms with van der Waals surface area (Å²) in [5.74, 6) is 0. The second kappa shape index (κ2) is 5.30. The Bertz CT molecular complexity index is 831. The molecule has 0 saturated carbocycles. The molecule has 0 aliphatic carbocycles. The summed E-state index contributed by atoms with van der Waals surface area (Å²) in [5, 5.41) is 12.5. The van der Waals surface area contributed by atoms with E-state index in [0.29, 0.717) is 6.54 Å². The number of hydrogen-bond donors (Lipinski definition) is 1. The zero-order valence-corrected chi connectivity index (χ0v) is 11.2. The zero-order valence-electron chi connectivity index (χ0n) is 11.2. The van der Waals surface area contributed by atoms with E-state index in [1.54, 1.807) is 24.4 Å². The summed E-state index contributed by atoms with van der Waals surface area (Å²) in [4.78, 5) is 14.9. The first-order chi connectivity index (χ1) is 10.2. The number of fused-ring (bicyclic) bond motifs is 1. The highest BCUT2D eigenvalue weighted by Gasteiger charge is 2.12. The maximum Gasteiger partial charge on any atom is 0.270 e. The molecule has 0 aliphatic rings. The molecule has 0 fully saturated rings. The van der Waals surface area contributed by atoms with Crippen LogP contribution in [0.4, 0.5) is 5.69 Å². The largest absolute Gasteiger partial charge is 0.326 e. The van der Waals surface area contributed by atoms with Crippen molar-refractivity contribution in [2.75, 3.05) is 0 Å². The van der Waals surface area contributed by atoms with Gasteiger partial charge in [0.05, 0.1) is 10.6 Å². The number of rotatable bonds is 3. The Morgan fingerprint density at radius 3 is 2.71 bits per heavy atom. The fraction of sp³-hybridized carbons (Fsp3) is 0.0625. The lowest BCUT2D eigenvalue weighted by molar-refractivity contribution is -0.384. The third kappa shape index (κ3) is 2.34. The van der Waals surface area contributed by atoms with Gasteiger partial charge in [-0.05, 0) is 23.1 Å². The van der Waals surface area contributed by atoms with E-state index in [0.717, 1.165) is 27.6 Å². The number of nitrogens with two attached hydrogens (primary N) is 1. The Kier molecular flexibility index (Phi) is 3.33. The first kappa shape index (κ1) is 13.2. The summed E-state index contributed by atoms with van der Waals surface area (Å²) >= 11 is 0. The molecule has 0 spiro atoms. The van der Waals surface area contributed by atoms with Gasteiger partial charge in [0.2, 0.25) is 0 Å². The van der Waals surface area contributed by atoms with E-state index in [1.807, 2.05) is 24.3 Å². The van der Waals surface area contributed by atoms with Crippen molar-refractivity contribution in [3.63, 3.8) is 0 Å². The van der Waals surface area contributed by atoms with Gasteiger partial charge >= 0.3 is 0 Å². The molecular weight excluding hydrogens is 266 g/mol. The maximum atomic E-state index is 10.9. The van der Waals surface area contributed by atoms with Crippen LogP contribution in [0.15, 0.2) is 54.7 Å². The van der Waals surface area contributed by atoms with Crippen LogP contribution in [0.3, 0.4) is 0 Å². The minimum Gasteiger partial charge on any atom is -0.326 e. The van der Waals surface area contributed by atoms with Crippen LogP contribution in [0, 0.1) is 10.1 Å². The Morgan fingerprint density at radius 2 is 1.95 bits per heavy atom. The molecule has 0 saturated heterocycles.